The summed E-state index contributed by atoms with van der Waals surface area (Å²) in [4.78, 5) is 19.7. The molecule has 0 aromatic heterocycles. The molecule has 2 nitrogen and oxygen atoms in total. The Labute approximate surface area is 87.9 Å². The Kier molecular flexibility index (Phi) is 5.63. The number of hydrogen-bond acceptors (Lipinski definition) is 2. The Morgan fingerprint density at radius 1 is 1.00 bits per heavy atom. The maximum Gasteiger partial charge on any atom is 0.456 e. The first-order valence-corrected chi connectivity index (χ1v) is 2.72. The molecular weight excluding hydrogens is 401 g/mol. The molecule has 0 heterocycles. The average Bonchev–Trinajstić information content (AvgIpc) is 1.99. The standard InChI is InChI=1S/C5H2F6O2.Pt/c6-1-2(12)4(7,8)3(13)5(9,10)11;/h1H2;. The van der Waals surface area contributed by atoms with Crippen molar-refractivity contribution < 1.29 is 57.0 Å². The van der Waals surface area contributed by atoms with Crippen molar-refractivity contribution in [2.45, 2.75) is 12.1 Å². The third kappa shape index (κ3) is 3.40. The van der Waals surface area contributed by atoms with E-state index < -0.39 is 30.3 Å². The molecule has 0 aliphatic rings. The summed E-state index contributed by atoms with van der Waals surface area (Å²) in [5.74, 6) is -11.6. The molecule has 0 aliphatic carbocycles. The molecule has 0 bridgehead atoms. The fourth-order valence-electron chi connectivity index (χ4n) is 0.389. The molecule has 0 atom stereocenters. The van der Waals surface area contributed by atoms with Crippen molar-refractivity contribution in [3.05, 3.63) is 0 Å². The number of hydrogen-bond donors (Lipinski definition) is 0. The number of carbonyl (C=O) groups is 2. The summed E-state index contributed by atoms with van der Waals surface area (Å²) in [6, 6.07) is 0. The molecule has 0 unspecified atom stereocenters. The van der Waals surface area contributed by atoms with E-state index >= 15 is 0 Å². The van der Waals surface area contributed by atoms with Gasteiger partial charge in [-0.05, 0) is 0 Å². The monoisotopic (exact) mass is 403 g/mol. The average molecular weight is 403 g/mol. The van der Waals surface area contributed by atoms with Crippen LogP contribution in [0.1, 0.15) is 0 Å². The second-order valence-electron chi connectivity index (χ2n) is 1.96. The van der Waals surface area contributed by atoms with Gasteiger partial charge in [0.05, 0.1) is 0 Å². The first-order chi connectivity index (χ1) is 5.64. The third-order valence-electron chi connectivity index (χ3n) is 1.01. The van der Waals surface area contributed by atoms with Crippen LogP contribution in [0.5, 0.6) is 0 Å². The second kappa shape index (κ2) is 4.91. The molecule has 0 saturated carbocycles. The summed E-state index contributed by atoms with van der Waals surface area (Å²) in [5.41, 5.74) is 0. The van der Waals surface area contributed by atoms with Crippen molar-refractivity contribution in [1.29, 1.82) is 0 Å². The van der Waals surface area contributed by atoms with Gasteiger partial charge in [0.25, 0.3) is 0 Å². The van der Waals surface area contributed by atoms with Crippen LogP contribution in [0.25, 0.3) is 0 Å². The van der Waals surface area contributed by atoms with Gasteiger partial charge in [-0.15, -0.1) is 0 Å². The summed E-state index contributed by atoms with van der Waals surface area (Å²) < 4.78 is 69.4. The first kappa shape index (κ1) is 16.1. The summed E-state index contributed by atoms with van der Waals surface area (Å²) in [5, 5.41) is 0. The van der Waals surface area contributed by atoms with Crippen LogP contribution in [0.15, 0.2) is 0 Å². The van der Waals surface area contributed by atoms with Crippen LogP contribution in [0, 0.1) is 0 Å². The van der Waals surface area contributed by atoms with Gasteiger partial charge in [-0.2, -0.15) is 22.0 Å². The van der Waals surface area contributed by atoms with E-state index in [0.717, 1.165) is 0 Å². The van der Waals surface area contributed by atoms with Crippen LogP contribution >= 0.6 is 0 Å². The minimum Gasteiger partial charge on any atom is -0.289 e. The molecule has 14 heavy (non-hydrogen) atoms. The number of carbonyl (C=O) groups excluding carboxylic acids is 2. The van der Waals surface area contributed by atoms with Gasteiger partial charge in [-0.1, -0.05) is 0 Å². The molecule has 0 rings (SSSR count). The minimum atomic E-state index is -5.85. The minimum absolute atomic E-state index is 0. The molecule has 9 heteroatoms. The van der Waals surface area contributed by atoms with Crippen LogP contribution < -0.4 is 0 Å². The van der Waals surface area contributed by atoms with Crippen LogP contribution in [-0.4, -0.2) is 30.3 Å². The van der Waals surface area contributed by atoms with Crippen molar-refractivity contribution in [1.82, 2.24) is 0 Å². The van der Waals surface area contributed by atoms with E-state index in [4.69, 9.17) is 0 Å². The smallest absolute Gasteiger partial charge is 0.289 e. The van der Waals surface area contributed by atoms with E-state index in [1.807, 2.05) is 0 Å². The maximum atomic E-state index is 12.0. The van der Waals surface area contributed by atoms with Gasteiger partial charge in [0, 0.05) is 21.1 Å². The van der Waals surface area contributed by atoms with Gasteiger partial charge < -0.3 is 0 Å². The Bertz CT molecular complexity index is 235. The Morgan fingerprint density at radius 3 is 1.57 bits per heavy atom. The summed E-state index contributed by atoms with van der Waals surface area (Å²) in [7, 11) is 0. The van der Waals surface area contributed by atoms with Gasteiger partial charge in [-0.25, -0.2) is 4.39 Å². The number of halogens is 6. The SMILES string of the molecule is O=C(CF)C(F)(F)C(=O)C(F)(F)F.[Pt]. The zero-order valence-electron chi connectivity index (χ0n) is 6.11. The van der Waals surface area contributed by atoms with Crippen molar-refractivity contribution in [2.24, 2.45) is 0 Å². The molecule has 0 radical (unpaired) electrons. The first-order valence-electron chi connectivity index (χ1n) is 2.72. The Morgan fingerprint density at radius 2 is 1.36 bits per heavy atom. The zero-order valence-corrected chi connectivity index (χ0v) is 8.38. The van der Waals surface area contributed by atoms with Gasteiger partial charge in [0.2, 0.25) is 5.78 Å². The maximum absolute atomic E-state index is 12.0. The van der Waals surface area contributed by atoms with E-state index in [2.05, 4.69) is 0 Å². The van der Waals surface area contributed by atoms with Crippen molar-refractivity contribution in [3.8, 4) is 0 Å². The van der Waals surface area contributed by atoms with Crippen LogP contribution in [0.2, 0.25) is 0 Å². The molecular formula is C5H2F6O2Pt. The van der Waals surface area contributed by atoms with Crippen LogP contribution in [0.4, 0.5) is 26.3 Å². The summed E-state index contributed by atoms with van der Waals surface area (Å²) >= 11 is 0. The molecule has 0 spiro atoms. The number of rotatable bonds is 3. The number of alkyl halides is 6. The Balaban J connectivity index is 0. The molecule has 0 aromatic rings. The van der Waals surface area contributed by atoms with Crippen molar-refractivity contribution in [3.63, 3.8) is 0 Å². The fraction of sp³-hybridized carbons (Fsp3) is 0.600. The van der Waals surface area contributed by atoms with E-state index in [1.165, 1.54) is 0 Å². The van der Waals surface area contributed by atoms with Crippen molar-refractivity contribution in [2.75, 3.05) is 6.67 Å². The van der Waals surface area contributed by atoms with E-state index in [-0.39, 0.29) is 21.1 Å². The zero-order chi connectivity index (χ0) is 10.9. The van der Waals surface area contributed by atoms with E-state index in [1.54, 1.807) is 0 Å². The van der Waals surface area contributed by atoms with Gasteiger partial charge >= 0.3 is 17.9 Å². The third-order valence-corrected chi connectivity index (χ3v) is 1.01. The quantitative estimate of drug-likeness (QED) is 0.526. The predicted octanol–water partition coefficient (Wildman–Crippen LogP) is 1.29. The van der Waals surface area contributed by atoms with Crippen LogP contribution in [-0.2, 0) is 30.7 Å². The van der Waals surface area contributed by atoms with E-state index in [0.29, 0.717) is 0 Å². The molecule has 0 amide bonds. The molecule has 0 aromatic carbocycles. The number of Topliss-reactive ketones (excluding diaryl/α,β-unsaturated/α-hetero) is 2. The van der Waals surface area contributed by atoms with Gasteiger partial charge in [0.1, 0.15) is 0 Å². The molecule has 0 saturated heterocycles. The van der Waals surface area contributed by atoms with Gasteiger partial charge in [-0.3, -0.25) is 9.59 Å². The fourth-order valence-corrected chi connectivity index (χ4v) is 0.389. The van der Waals surface area contributed by atoms with Gasteiger partial charge in [0.15, 0.2) is 6.67 Å². The molecule has 86 valence electrons. The summed E-state index contributed by atoms with van der Waals surface area (Å²) in [6.07, 6.45) is -5.85. The number of ketones is 2. The normalized spacial score (nSPS) is 11.9. The molecule has 0 fully saturated rings. The largest absolute Gasteiger partial charge is 0.456 e. The Hall–Kier alpha value is -0.392. The van der Waals surface area contributed by atoms with E-state index in [9.17, 15) is 35.9 Å². The molecule has 0 aliphatic heterocycles. The topological polar surface area (TPSA) is 34.1 Å². The van der Waals surface area contributed by atoms with Crippen LogP contribution in [0.3, 0.4) is 0 Å². The predicted molar refractivity (Wildman–Crippen MR) is 27.0 cm³/mol. The molecule has 0 N–H and O–H groups in total. The van der Waals surface area contributed by atoms with Crippen molar-refractivity contribution >= 4 is 11.6 Å². The second-order valence-corrected chi connectivity index (χ2v) is 1.96. The summed E-state index contributed by atoms with van der Waals surface area (Å²) in [6.45, 7) is -2.32.